The number of aliphatic hydroxyl groups is 1. The van der Waals surface area contributed by atoms with E-state index in [9.17, 15) is 9.90 Å². The van der Waals surface area contributed by atoms with Crippen molar-refractivity contribution in [2.24, 2.45) is 5.92 Å². The van der Waals surface area contributed by atoms with Crippen LogP contribution in [0.2, 0.25) is 10.0 Å². The lowest BCUT2D eigenvalue weighted by Gasteiger charge is -2.45. The maximum Gasteiger partial charge on any atom is 0.223 e. The van der Waals surface area contributed by atoms with Crippen molar-refractivity contribution in [2.45, 2.75) is 43.7 Å². The molecule has 1 unspecified atom stereocenters. The molecule has 1 saturated heterocycles. The highest BCUT2D eigenvalue weighted by atomic mass is 35.5. The van der Waals surface area contributed by atoms with Gasteiger partial charge in [-0.1, -0.05) is 47.5 Å². The summed E-state index contributed by atoms with van der Waals surface area (Å²) in [6.45, 7) is 0.00274. The number of aliphatic hydroxyl groups excluding tert-OH is 1. The van der Waals surface area contributed by atoms with Crippen LogP contribution in [0.4, 0.5) is 0 Å². The van der Waals surface area contributed by atoms with E-state index in [1.165, 1.54) is 0 Å². The Morgan fingerprint density at radius 1 is 1.00 bits per heavy atom. The second kappa shape index (κ2) is 7.83. The van der Waals surface area contributed by atoms with Gasteiger partial charge >= 0.3 is 0 Å². The Hall–Kier alpha value is -1.55. The fourth-order valence-electron chi connectivity index (χ4n) is 4.39. The Labute approximate surface area is 169 Å². The third-order valence-corrected chi connectivity index (χ3v) is 6.32. The molecule has 3 nitrogen and oxygen atoms in total. The van der Waals surface area contributed by atoms with Gasteiger partial charge in [0.05, 0.1) is 18.7 Å². The number of hydrogen-bond donors (Lipinski definition) is 1. The number of halogens is 2. The first-order chi connectivity index (χ1) is 13.1. The second-order valence-corrected chi connectivity index (χ2v) is 8.46. The molecule has 1 heterocycles. The lowest BCUT2D eigenvalue weighted by Crippen LogP contribution is -2.50. The van der Waals surface area contributed by atoms with Crippen LogP contribution in [0, 0.1) is 5.92 Å². The summed E-state index contributed by atoms with van der Waals surface area (Å²) in [5.74, 6) is 0.654. The number of likely N-dealkylation sites (tertiary alicyclic amines) is 1. The number of carbonyl (C=O) groups excluding carboxylic acids is 1. The minimum Gasteiger partial charge on any atom is -0.394 e. The van der Waals surface area contributed by atoms with Crippen molar-refractivity contribution in [1.82, 2.24) is 4.90 Å². The van der Waals surface area contributed by atoms with Crippen molar-refractivity contribution in [2.75, 3.05) is 6.61 Å². The fourth-order valence-corrected chi connectivity index (χ4v) is 4.72. The van der Waals surface area contributed by atoms with Gasteiger partial charge in [0.25, 0.3) is 0 Å². The van der Waals surface area contributed by atoms with E-state index < -0.39 is 0 Å². The van der Waals surface area contributed by atoms with Gasteiger partial charge in [-0.15, -0.1) is 0 Å². The first-order valence-corrected chi connectivity index (χ1v) is 10.3. The van der Waals surface area contributed by atoms with Gasteiger partial charge in [-0.05, 0) is 60.6 Å². The summed E-state index contributed by atoms with van der Waals surface area (Å²) in [5.41, 5.74) is 2.18. The maximum absolute atomic E-state index is 13.0. The minimum atomic E-state index is -0.125. The van der Waals surface area contributed by atoms with E-state index in [1.807, 2.05) is 47.4 Å². The Morgan fingerprint density at radius 2 is 1.74 bits per heavy atom. The zero-order valence-electron chi connectivity index (χ0n) is 15.0. The maximum atomic E-state index is 13.0. The molecule has 2 aromatic rings. The van der Waals surface area contributed by atoms with Gasteiger partial charge in [-0.3, -0.25) is 4.79 Å². The molecule has 27 heavy (non-hydrogen) atoms. The summed E-state index contributed by atoms with van der Waals surface area (Å²) < 4.78 is 0. The minimum absolute atomic E-state index is 0.00274. The molecule has 0 spiro atoms. The average molecular weight is 404 g/mol. The second-order valence-electron chi connectivity index (χ2n) is 7.58. The fraction of sp³-hybridized carbons (Fsp3) is 0.409. The number of amides is 1. The van der Waals surface area contributed by atoms with Gasteiger partial charge in [0.2, 0.25) is 5.91 Å². The standard InChI is InChI=1S/C22H23Cl2NO2/c23-17-8-6-15(7-9-17)22-19(16-2-1-3-18(24)12-16)10-11-21(27)25(22)20(13-26)14-4-5-14/h1-3,6-9,12,14,19-20,22,26H,4-5,10-11,13H2/t19-,20?,22-/m1/s1. The third kappa shape index (κ3) is 3.87. The molecular formula is C22H23Cl2NO2. The monoisotopic (exact) mass is 403 g/mol. The molecule has 2 aliphatic rings. The Balaban J connectivity index is 1.79. The van der Waals surface area contributed by atoms with E-state index in [0.717, 1.165) is 30.4 Å². The molecule has 1 N–H and O–H groups in total. The lowest BCUT2D eigenvalue weighted by atomic mass is 9.79. The van der Waals surface area contributed by atoms with Gasteiger partial charge in [-0.2, -0.15) is 0 Å². The van der Waals surface area contributed by atoms with Gasteiger partial charge in [-0.25, -0.2) is 0 Å². The predicted molar refractivity (Wildman–Crippen MR) is 108 cm³/mol. The molecule has 4 rings (SSSR count). The molecule has 0 radical (unpaired) electrons. The number of rotatable bonds is 5. The first-order valence-electron chi connectivity index (χ1n) is 9.51. The van der Waals surface area contributed by atoms with Gasteiger partial charge in [0, 0.05) is 22.4 Å². The highest BCUT2D eigenvalue weighted by molar-refractivity contribution is 6.30. The van der Waals surface area contributed by atoms with Crippen molar-refractivity contribution < 1.29 is 9.90 Å². The lowest BCUT2D eigenvalue weighted by molar-refractivity contribution is -0.142. The van der Waals surface area contributed by atoms with E-state index >= 15 is 0 Å². The quantitative estimate of drug-likeness (QED) is 0.743. The molecular weight excluding hydrogens is 381 g/mol. The number of hydrogen-bond acceptors (Lipinski definition) is 2. The number of benzene rings is 2. The molecule has 3 atom stereocenters. The van der Waals surface area contributed by atoms with Crippen LogP contribution in [0.15, 0.2) is 48.5 Å². The zero-order valence-corrected chi connectivity index (χ0v) is 16.5. The van der Waals surface area contributed by atoms with Crippen LogP contribution in [-0.4, -0.2) is 28.6 Å². The van der Waals surface area contributed by atoms with Gasteiger partial charge < -0.3 is 10.0 Å². The number of nitrogens with zero attached hydrogens (tertiary/aromatic N) is 1. The van der Waals surface area contributed by atoms with Crippen molar-refractivity contribution in [1.29, 1.82) is 0 Å². The highest BCUT2D eigenvalue weighted by Crippen LogP contribution is 2.48. The molecule has 142 valence electrons. The number of carbonyl (C=O) groups is 1. The van der Waals surface area contributed by atoms with Crippen LogP contribution < -0.4 is 0 Å². The van der Waals surface area contributed by atoms with E-state index in [4.69, 9.17) is 23.2 Å². The van der Waals surface area contributed by atoms with Crippen LogP contribution in [0.25, 0.3) is 0 Å². The molecule has 0 bridgehead atoms. The van der Waals surface area contributed by atoms with Crippen molar-refractivity contribution >= 4 is 29.1 Å². The smallest absolute Gasteiger partial charge is 0.223 e. The summed E-state index contributed by atoms with van der Waals surface area (Å²) >= 11 is 12.4. The SMILES string of the molecule is O=C1CC[C@H](c2cccc(Cl)c2)[C@@H](c2ccc(Cl)cc2)N1C(CO)C1CC1. The summed E-state index contributed by atoms with van der Waals surface area (Å²) in [6.07, 6.45) is 3.41. The predicted octanol–water partition coefficient (Wildman–Crippen LogP) is 5.21. The Morgan fingerprint density at radius 3 is 2.37 bits per heavy atom. The van der Waals surface area contributed by atoms with E-state index in [2.05, 4.69) is 6.07 Å². The normalized spacial score (nSPS) is 24.1. The summed E-state index contributed by atoms with van der Waals surface area (Å²) in [5, 5.41) is 11.5. The highest BCUT2D eigenvalue weighted by Gasteiger charge is 2.45. The third-order valence-electron chi connectivity index (χ3n) is 5.84. The summed E-state index contributed by atoms with van der Waals surface area (Å²) in [4.78, 5) is 14.9. The van der Waals surface area contributed by atoms with Crippen LogP contribution in [0.1, 0.15) is 48.8 Å². The van der Waals surface area contributed by atoms with Crippen LogP contribution in [-0.2, 0) is 4.79 Å². The topological polar surface area (TPSA) is 40.5 Å². The van der Waals surface area contributed by atoms with Crippen molar-refractivity contribution in [3.05, 3.63) is 69.7 Å². The molecule has 2 aromatic carbocycles. The Bertz CT molecular complexity index is 819. The van der Waals surface area contributed by atoms with E-state index in [0.29, 0.717) is 22.4 Å². The van der Waals surface area contributed by atoms with Crippen LogP contribution in [0.3, 0.4) is 0 Å². The molecule has 1 aliphatic heterocycles. The summed E-state index contributed by atoms with van der Waals surface area (Å²) in [7, 11) is 0. The van der Waals surface area contributed by atoms with Crippen molar-refractivity contribution in [3.63, 3.8) is 0 Å². The molecule has 5 heteroatoms. The van der Waals surface area contributed by atoms with E-state index in [-0.39, 0.29) is 30.5 Å². The molecule has 0 aromatic heterocycles. The zero-order chi connectivity index (χ0) is 19.0. The molecule has 1 amide bonds. The molecule has 2 fully saturated rings. The average Bonchev–Trinajstić information content (AvgIpc) is 3.49. The largest absolute Gasteiger partial charge is 0.394 e. The molecule has 1 aliphatic carbocycles. The van der Waals surface area contributed by atoms with Crippen LogP contribution >= 0.6 is 23.2 Å². The van der Waals surface area contributed by atoms with Gasteiger partial charge in [0.1, 0.15) is 0 Å². The van der Waals surface area contributed by atoms with Crippen molar-refractivity contribution in [3.8, 4) is 0 Å². The first kappa shape index (κ1) is 18.8. The van der Waals surface area contributed by atoms with Gasteiger partial charge in [0.15, 0.2) is 0 Å². The Kier molecular flexibility index (Phi) is 5.45. The molecule has 1 saturated carbocycles. The summed E-state index contributed by atoms with van der Waals surface area (Å²) in [6, 6.07) is 15.4. The van der Waals surface area contributed by atoms with E-state index in [1.54, 1.807) is 0 Å². The number of piperidine rings is 1. The van der Waals surface area contributed by atoms with Crippen LogP contribution in [0.5, 0.6) is 0 Å².